The summed E-state index contributed by atoms with van der Waals surface area (Å²) in [6.07, 6.45) is 0. The van der Waals surface area contributed by atoms with Gasteiger partial charge in [-0.15, -0.1) is 0 Å². The van der Waals surface area contributed by atoms with E-state index in [1.54, 1.807) is 0 Å². The average Bonchev–Trinajstić information content (AvgIpc) is 2.48. The number of hydrogen-bond acceptors (Lipinski definition) is 1. The molecule has 0 saturated heterocycles. The van der Waals surface area contributed by atoms with Crippen LogP contribution >= 0.6 is 0 Å². The Labute approximate surface area is 120 Å². The Morgan fingerprint density at radius 3 is 2.45 bits per heavy atom. The van der Waals surface area contributed by atoms with Gasteiger partial charge in [0.2, 0.25) is 0 Å². The molecular formula is C19H19N. The minimum absolute atomic E-state index is 0.867. The molecule has 0 aliphatic carbocycles. The second-order valence-corrected chi connectivity index (χ2v) is 5.27. The maximum atomic E-state index is 3.52. The summed E-state index contributed by atoms with van der Waals surface area (Å²) < 4.78 is 0. The van der Waals surface area contributed by atoms with Gasteiger partial charge >= 0.3 is 0 Å². The summed E-state index contributed by atoms with van der Waals surface area (Å²) in [7, 11) is 0. The number of rotatable bonds is 3. The lowest BCUT2D eigenvalue weighted by molar-refractivity contribution is 1.10. The van der Waals surface area contributed by atoms with Crippen molar-refractivity contribution >= 4 is 16.5 Å². The topological polar surface area (TPSA) is 12.0 Å². The van der Waals surface area contributed by atoms with Gasteiger partial charge in [-0.3, -0.25) is 0 Å². The molecule has 0 saturated carbocycles. The zero-order valence-corrected chi connectivity index (χ0v) is 12.0. The number of nitrogens with one attached hydrogen (secondary N) is 1. The summed E-state index contributed by atoms with van der Waals surface area (Å²) in [5.41, 5.74) is 5.26. The predicted octanol–water partition coefficient (Wildman–Crippen LogP) is 5.07. The minimum Gasteiger partial charge on any atom is -0.381 e. The Morgan fingerprint density at radius 2 is 1.60 bits per heavy atom. The molecule has 3 aromatic rings. The highest BCUT2D eigenvalue weighted by atomic mass is 14.9. The maximum absolute atomic E-state index is 3.52. The van der Waals surface area contributed by atoms with Crippen LogP contribution in [-0.4, -0.2) is 0 Å². The average molecular weight is 261 g/mol. The molecule has 0 aliphatic heterocycles. The highest BCUT2D eigenvalue weighted by molar-refractivity contribution is 5.85. The zero-order chi connectivity index (χ0) is 13.9. The van der Waals surface area contributed by atoms with Crippen LogP contribution in [0.5, 0.6) is 0 Å². The van der Waals surface area contributed by atoms with Gasteiger partial charge in [0, 0.05) is 12.2 Å². The lowest BCUT2D eigenvalue weighted by Crippen LogP contribution is -2.02. The van der Waals surface area contributed by atoms with E-state index in [1.807, 2.05) is 0 Å². The van der Waals surface area contributed by atoms with Gasteiger partial charge in [-0.1, -0.05) is 48.5 Å². The van der Waals surface area contributed by atoms with Crippen LogP contribution < -0.4 is 5.32 Å². The summed E-state index contributed by atoms with van der Waals surface area (Å²) >= 11 is 0. The molecule has 20 heavy (non-hydrogen) atoms. The third kappa shape index (κ3) is 2.53. The lowest BCUT2D eigenvalue weighted by atomic mass is 10.0. The molecule has 0 heterocycles. The molecule has 1 N–H and O–H groups in total. The summed E-state index contributed by atoms with van der Waals surface area (Å²) in [6, 6.07) is 21.4. The summed E-state index contributed by atoms with van der Waals surface area (Å²) in [5, 5.41) is 6.08. The number of benzene rings is 3. The first-order valence-electron chi connectivity index (χ1n) is 7.02. The van der Waals surface area contributed by atoms with Gasteiger partial charge in [-0.2, -0.15) is 0 Å². The quantitative estimate of drug-likeness (QED) is 0.694. The van der Waals surface area contributed by atoms with Crippen molar-refractivity contribution in [2.24, 2.45) is 0 Å². The first kappa shape index (κ1) is 12.7. The molecule has 0 atom stereocenters. The number of aryl methyl sites for hydroxylation is 1. The summed E-state index contributed by atoms with van der Waals surface area (Å²) in [6.45, 7) is 5.22. The smallest absolute Gasteiger partial charge is 0.0403 e. The van der Waals surface area contributed by atoms with Crippen molar-refractivity contribution < 1.29 is 0 Å². The maximum Gasteiger partial charge on any atom is 0.0403 e. The Hall–Kier alpha value is -2.28. The molecule has 0 bridgehead atoms. The van der Waals surface area contributed by atoms with Crippen LogP contribution in [0.3, 0.4) is 0 Å². The second-order valence-electron chi connectivity index (χ2n) is 5.27. The zero-order valence-electron chi connectivity index (χ0n) is 12.0. The van der Waals surface area contributed by atoms with Gasteiger partial charge in [-0.05, 0) is 53.4 Å². The molecule has 0 radical (unpaired) electrons. The lowest BCUT2D eigenvalue weighted by Gasteiger charge is -2.11. The predicted molar refractivity (Wildman–Crippen MR) is 87.2 cm³/mol. The summed E-state index contributed by atoms with van der Waals surface area (Å²) in [5.74, 6) is 0. The van der Waals surface area contributed by atoms with Gasteiger partial charge in [0.15, 0.2) is 0 Å². The Morgan fingerprint density at radius 1 is 0.800 bits per heavy atom. The molecule has 0 spiro atoms. The van der Waals surface area contributed by atoms with E-state index in [0.29, 0.717) is 0 Å². The number of anilines is 1. The number of fused-ring (bicyclic) bond motifs is 1. The monoisotopic (exact) mass is 261 g/mol. The van der Waals surface area contributed by atoms with Gasteiger partial charge in [-0.25, -0.2) is 0 Å². The first-order chi connectivity index (χ1) is 9.74. The second kappa shape index (κ2) is 5.38. The Kier molecular flexibility index (Phi) is 3.42. The van der Waals surface area contributed by atoms with Crippen LogP contribution in [-0.2, 0) is 6.54 Å². The molecule has 1 nitrogen and oxygen atoms in total. The van der Waals surface area contributed by atoms with E-state index in [0.717, 1.165) is 6.54 Å². The van der Waals surface area contributed by atoms with Crippen molar-refractivity contribution in [1.29, 1.82) is 0 Å². The molecule has 1 heteroatoms. The van der Waals surface area contributed by atoms with Crippen molar-refractivity contribution in [3.05, 3.63) is 77.4 Å². The van der Waals surface area contributed by atoms with Gasteiger partial charge in [0.25, 0.3) is 0 Å². The highest BCUT2D eigenvalue weighted by Gasteiger charge is 2.01. The molecule has 3 rings (SSSR count). The first-order valence-corrected chi connectivity index (χ1v) is 7.02. The Bertz CT molecular complexity index is 744. The van der Waals surface area contributed by atoms with Crippen molar-refractivity contribution in [3.63, 3.8) is 0 Å². The van der Waals surface area contributed by atoms with Crippen molar-refractivity contribution in [1.82, 2.24) is 0 Å². The minimum atomic E-state index is 0.867. The fourth-order valence-corrected chi connectivity index (χ4v) is 2.50. The van der Waals surface area contributed by atoms with Crippen molar-refractivity contribution in [2.75, 3.05) is 5.32 Å². The molecule has 3 aromatic carbocycles. The fraction of sp³-hybridized carbons (Fsp3) is 0.158. The van der Waals surface area contributed by atoms with Crippen LogP contribution in [0.4, 0.5) is 5.69 Å². The van der Waals surface area contributed by atoms with E-state index in [9.17, 15) is 0 Å². The van der Waals surface area contributed by atoms with E-state index in [2.05, 4.69) is 79.8 Å². The SMILES string of the molecule is Cc1cccc(CNc2ccc3ccccc3c2)c1C. The Balaban J connectivity index is 1.81. The highest BCUT2D eigenvalue weighted by Crippen LogP contribution is 2.20. The van der Waals surface area contributed by atoms with Crippen molar-refractivity contribution in [2.45, 2.75) is 20.4 Å². The van der Waals surface area contributed by atoms with E-state index in [1.165, 1.54) is 33.2 Å². The third-order valence-corrected chi connectivity index (χ3v) is 3.95. The van der Waals surface area contributed by atoms with Crippen molar-refractivity contribution in [3.8, 4) is 0 Å². The number of hydrogen-bond donors (Lipinski definition) is 1. The normalized spacial score (nSPS) is 10.7. The van der Waals surface area contributed by atoms with Crippen LogP contribution in [0.25, 0.3) is 10.8 Å². The van der Waals surface area contributed by atoms with Gasteiger partial charge in [0.05, 0.1) is 0 Å². The fourth-order valence-electron chi connectivity index (χ4n) is 2.50. The van der Waals surface area contributed by atoms with E-state index in [-0.39, 0.29) is 0 Å². The molecule has 0 unspecified atom stereocenters. The largest absolute Gasteiger partial charge is 0.381 e. The van der Waals surface area contributed by atoms with Crippen LogP contribution in [0.15, 0.2) is 60.7 Å². The molecular weight excluding hydrogens is 242 g/mol. The van der Waals surface area contributed by atoms with Gasteiger partial charge < -0.3 is 5.32 Å². The van der Waals surface area contributed by atoms with Crippen LogP contribution in [0.2, 0.25) is 0 Å². The van der Waals surface area contributed by atoms with Crippen LogP contribution in [0, 0.1) is 13.8 Å². The molecule has 0 fully saturated rings. The molecule has 0 aromatic heterocycles. The summed E-state index contributed by atoms with van der Waals surface area (Å²) in [4.78, 5) is 0. The standard InChI is InChI=1S/C19H19N/c1-14-6-5-9-18(15(14)2)13-20-19-11-10-16-7-3-4-8-17(16)12-19/h3-12,20H,13H2,1-2H3. The van der Waals surface area contributed by atoms with E-state index < -0.39 is 0 Å². The molecule has 100 valence electrons. The molecule has 0 amide bonds. The van der Waals surface area contributed by atoms with Gasteiger partial charge in [0.1, 0.15) is 0 Å². The van der Waals surface area contributed by atoms with E-state index >= 15 is 0 Å². The third-order valence-electron chi connectivity index (χ3n) is 3.95. The van der Waals surface area contributed by atoms with E-state index in [4.69, 9.17) is 0 Å². The molecule has 0 aliphatic rings. The van der Waals surface area contributed by atoms with Crippen LogP contribution in [0.1, 0.15) is 16.7 Å².